The molecule has 0 heterocycles. The topological polar surface area (TPSA) is 52.7 Å². The lowest BCUT2D eigenvalue weighted by molar-refractivity contribution is -0.135. The minimum atomic E-state index is -0.170. The van der Waals surface area contributed by atoms with E-state index in [2.05, 4.69) is 24.1 Å². The maximum atomic E-state index is 12.6. The van der Waals surface area contributed by atoms with Crippen LogP contribution in [0.1, 0.15) is 45.1 Å². The summed E-state index contributed by atoms with van der Waals surface area (Å²) in [6.45, 7) is 6.73. The first kappa shape index (κ1) is 19.4. The molecule has 0 saturated heterocycles. The summed E-state index contributed by atoms with van der Waals surface area (Å²) >= 11 is 0. The molecule has 138 valence electrons. The number of likely N-dealkylation sites (N-methyl/N-ethyl adjacent to an activating group) is 1. The molecule has 2 amide bonds. The van der Waals surface area contributed by atoms with Crippen molar-refractivity contribution in [3.05, 3.63) is 29.8 Å². The lowest BCUT2D eigenvalue weighted by Crippen LogP contribution is -2.47. The van der Waals surface area contributed by atoms with Crippen molar-refractivity contribution in [1.82, 2.24) is 9.80 Å². The Kier molecular flexibility index (Phi) is 7.00. The zero-order chi connectivity index (χ0) is 18.4. The summed E-state index contributed by atoms with van der Waals surface area (Å²) in [5, 5.41) is 2.84. The van der Waals surface area contributed by atoms with Crippen LogP contribution < -0.4 is 5.32 Å². The number of carbonyl (C=O) groups is 2. The number of hydrogen-bond acceptors (Lipinski definition) is 3. The summed E-state index contributed by atoms with van der Waals surface area (Å²) in [6.07, 6.45) is 4.83. The number of nitrogens with zero attached hydrogens (tertiary/aromatic N) is 2. The summed E-state index contributed by atoms with van der Waals surface area (Å²) in [5.41, 5.74) is 1.90. The Labute approximate surface area is 151 Å². The van der Waals surface area contributed by atoms with E-state index in [9.17, 15) is 9.59 Å². The van der Waals surface area contributed by atoms with Crippen LogP contribution in [0.5, 0.6) is 0 Å². The molecule has 1 aromatic rings. The highest BCUT2D eigenvalue weighted by atomic mass is 16.2. The molecular formula is C20H31N3O2. The van der Waals surface area contributed by atoms with Crippen LogP contribution in [0, 0.1) is 6.92 Å². The van der Waals surface area contributed by atoms with Crippen LogP contribution in [0.2, 0.25) is 0 Å². The Morgan fingerprint density at radius 3 is 2.28 bits per heavy atom. The minimum Gasteiger partial charge on any atom is -0.335 e. The van der Waals surface area contributed by atoms with Gasteiger partial charge in [0.05, 0.1) is 13.1 Å². The van der Waals surface area contributed by atoms with Crippen molar-refractivity contribution >= 4 is 17.5 Å². The smallest absolute Gasteiger partial charge is 0.243 e. The molecule has 25 heavy (non-hydrogen) atoms. The van der Waals surface area contributed by atoms with Crippen LogP contribution >= 0.6 is 0 Å². The average Bonchev–Trinajstić information content (AvgIpc) is 3.08. The molecule has 0 atom stereocenters. The van der Waals surface area contributed by atoms with E-state index >= 15 is 0 Å². The van der Waals surface area contributed by atoms with Gasteiger partial charge in [-0.3, -0.25) is 14.5 Å². The molecule has 2 rings (SSSR count). The predicted octanol–water partition coefficient (Wildman–Crippen LogP) is 3.04. The van der Waals surface area contributed by atoms with Crippen LogP contribution in [0.3, 0.4) is 0 Å². The molecule has 1 aliphatic rings. The highest BCUT2D eigenvalue weighted by molar-refractivity contribution is 5.94. The summed E-state index contributed by atoms with van der Waals surface area (Å²) in [6, 6.07) is 8.48. The molecule has 0 spiro atoms. The number of hydrogen-bond donors (Lipinski definition) is 1. The predicted molar refractivity (Wildman–Crippen MR) is 102 cm³/mol. The van der Waals surface area contributed by atoms with E-state index in [-0.39, 0.29) is 18.4 Å². The standard InChI is InChI=1S/C20H31N3O2/c1-15(2)23(18-7-5-6-8-18)14-20(25)22(4)13-19(24)21-17-11-9-16(3)10-12-17/h9-12,15,18H,5-8,13-14H2,1-4H3,(H,21,24). The molecule has 0 unspecified atom stereocenters. The first-order valence-electron chi connectivity index (χ1n) is 9.23. The molecule has 5 heteroatoms. The molecular weight excluding hydrogens is 314 g/mol. The molecule has 0 radical (unpaired) electrons. The number of carbonyl (C=O) groups excluding carboxylic acids is 2. The molecule has 0 bridgehead atoms. The molecule has 1 N–H and O–H groups in total. The van der Waals surface area contributed by atoms with Crippen molar-refractivity contribution in [2.75, 3.05) is 25.5 Å². The Morgan fingerprint density at radius 1 is 1.12 bits per heavy atom. The third-order valence-corrected chi connectivity index (χ3v) is 4.92. The number of nitrogens with one attached hydrogen (secondary N) is 1. The summed E-state index contributed by atoms with van der Waals surface area (Å²) in [4.78, 5) is 28.5. The van der Waals surface area contributed by atoms with Crippen LogP contribution in [-0.2, 0) is 9.59 Å². The lowest BCUT2D eigenvalue weighted by atomic mass is 10.1. The van der Waals surface area contributed by atoms with E-state index in [0.717, 1.165) is 11.3 Å². The van der Waals surface area contributed by atoms with Gasteiger partial charge in [-0.2, -0.15) is 0 Å². The van der Waals surface area contributed by atoms with Crippen molar-refractivity contribution in [2.45, 2.75) is 58.5 Å². The van der Waals surface area contributed by atoms with E-state index in [1.54, 1.807) is 7.05 Å². The van der Waals surface area contributed by atoms with Crippen molar-refractivity contribution in [1.29, 1.82) is 0 Å². The summed E-state index contributed by atoms with van der Waals surface area (Å²) in [5.74, 6) is -0.170. The van der Waals surface area contributed by atoms with Gasteiger partial charge in [0.15, 0.2) is 0 Å². The second kappa shape index (κ2) is 8.99. The van der Waals surface area contributed by atoms with Gasteiger partial charge in [0.1, 0.15) is 0 Å². The highest BCUT2D eigenvalue weighted by Gasteiger charge is 2.27. The van der Waals surface area contributed by atoms with Crippen molar-refractivity contribution < 1.29 is 9.59 Å². The van der Waals surface area contributed by atoms with Gasteiger partial charge in [0, 0.05) is 24.8 Å². The van der Waals surface area contributed by atoms with Gasteiger partial charge in [-0.25, -0.2) is 0 Å². The Morgan fingerprint density at radius 2 is 1.72 bits per heavy atom. The second-order valence-corrected chi connectivity index (χ2v) is 7.37. The molecule has 5 nitrogen and oxygen atoms in total. The van der Waals surface area contributed by atoms with E-state index < -0.39 is 0 Å². The van der Waals surface area contributed by atoms with Gasteiger partial charge in [-0.1, -0.05) is 30.5 Å². The maximum absolute atomic E-state index is 12.6. The van der Waals surface area contributed by atoms with E-state index in [4.69, 9.17) is 0 Å². The SMILES string of the molecule is Cc1ccc(NC(=O)CN(C)C(=O)CN(C(C)C)C2CCCC2)cc1. The number of rotatable bonds is 7. The van der Waals surface area contributed by atoms with Gasteiger partial charge in [-0.05, 0) is 45.7 Å². The van der Waals surface area contributed by atoms with Crippen LogP contribution in [-0.4, -0.2) is 53.8 Å². The van der Waals surface area contributed by atoms with Crippen molar-refractivity contribution in [2.24, 2.45) is 0 Å². The first-order valence-corrected chi connectivity index (χ1v) is 9.23. The van der Waals surface area contributed by atoms with Gasteiger partial charge >= 0.3 is 0 Å². The van der Waals surface area contributed by atoms with Gasteiger partial charge in [0.25, 0.3) is 0 Å². The van der Waals surface area contributed by atoms with Crippen LogP contribution in [0.25, 0.3) is 0 Å². The fraction of sp³-hybridized carbons (Fsp3) is 0.600. The Hall–Kier alpha value is -1.88. The monoisotopic (exact) mass is 345 g/mol. The molecule has 0 aliphatic heterocycles. The van der Waals surface area contributed by atoms with E-state index in [1.165, 1.54) is 30.6 Å². The first-order chi connectivity index (χ1) is 11.9. The molecule has 1 fully saturated rings. The Balaban J connectivity index is 1.85. The summed E-state index contributed by atoms with van der Waals surface area (Å²) < 4.78 is 0. The lowest BCUT2D eigenvalue weighted by Gasteiger charge is -2.33. The minimum absolute atomic E-state index is 0.000318. The highest BCUT2D eigenvalue weighted by Crippen LogP contribution is 2.25. The number of amides is 2. The maximum Gasteiger partial charge on any atom is 0.243 e. The molecule has 1 aliphatic carbocycles. The zero-order valence-corrected chi connectivity index (χ0v) is 15.9. The fourth-order valence-electron chi connectivity index (χ4n) is 3.39. The van der Waals surface area contributed by atoms with E-state index in [1.807, 2.05) is 31.2 Å². The number of benzene rings is 1. The molecule has 0 aromatic heterocycles. The average molecular weight is 345 g/mol. The molecule has 1 saturated carbocycles. The van der Waals surface area contributed by atoms with Crippen molar-refractivity contribution in [3.8, 4) is 0 Å². The third kappa shape index (κ3) is 5.85. The number of anilines is 1. The molecule has 1 aromatic carbocycles. The second-order valence-electron chi connectivity index (χ2n) is 7.37. The van der Waals surface area contributed by atoms with Crippen LogP contribution in [0.15, 0.2) is 24.3 Å². The normalized spacial score (nSPS) is 15.0. The van der Waals surface area contributed by atoms with Gasteiger partial charge < -0.3 is 10.2 Å². The number of aryl methyl sites for hydroxylation is 1. The Bertz CT molecular complexity index is 577. The summed E-state index contributed by atoms with van der Waals surface area (Å²) in [7, 11) is 1.70. The van der Waals surface area contributed by atoms with Crippen molar-refractivity contribution in [3.63, 3.8) is 0 Å². The van der Waals surface area contributed by atoms with E-state index in [0.29, 0.717) is 18.6 Å². The third-order valence-electron chi connectivity index (χ3n) is 4.92. The quantitative estimate of drug-likeness (QED) is 0.826. The van der Waals surface area contributed by atoms with Gasteiger partial charge in [-0.15, -0.1) is 0 Å². The zero-order valence-electron chi connectivity index (χ0n) is 15.9. The largest absolute Gasteiger partial charge is 0.335 e. The van der Waals surface area contributed by atoms with Crippen LogP contribution in [0.4, 0.5) is 5.69 Å². The van der Waals surface area contributed by atoms with Gasteiger partial charge in [0.2, 0.25) is 11.8 Å². The fourth-order valence-corrected chi connectivity index (χ4v) is 3.39.